The maximum Gasteiger partial charge on any atom is 0.410 e. The van der Waals surface area contributed by atoms with Crippen LogP contribution in [0.5, 0.6) is 0 Å². The molecule has 2 aliphatic heterocycles. The molecule has 1 aromatic heterocycles. The molecule has 1 aromatic carbocycles. The van der Waals surface area contributed by atoms with Crippen LogP contribution in [0.4, 0.5) is 4.79 Å². The molecule has 2 fully saturated rings. The van der Waals surface area contributed by atoms with E-state index in [9.17, 15) is 9.59 Å². The van der Waals surface area contributed by atoms with Crippen molar-refractivity contribution in [2.24, 2.45) is 7.05 Å². The molecule has 0 saturated carbocycles. The van der Waals surface area contributed by atoms with Crippen LogP contribution in [0.2, 0.25) is 0 Å². The van der Waals surface area contributed by atoms with Gasteiger partial charge in [0.05, 0.1) is 18.8 Å². The molecule has 3 heterocycles. The quantitative estimate of drug-likeness (QED) is 0.777. The van der Waals surface area contributed by atoms with Crippen LogP contribution < -0.4 is 0 Å². The topological polar surface area (TPSA) is 54.8 Å². The number of ether oxygens (including phenoxy) is 1. The van der Waals surface area contributed by atoms with Gasteiger partial charge in [0.2, 0.25) is 5.91 Å². The highest BCUT2D eigenvalue weighted by Gasteiger charge is 2.47. The molecule has 1 atom stereocenters. The molecule has 0 unspecified atom stereocenters. The van der Waals surface area contributed by atoms with E-state index in [-0.39, 0.29) is 12.0 Å². The number of carbonyl (C=O) groups excluding carboxylic acids is 2. The third-order valence-corrected chi connectivity index (χ3v) is 6.27. The van der Waals surface area contributed by atoms with E-state index < -0.39 is 5.60 Å². The maximum absolute atomic E-state index is 12.8. The van der Waals surface area contributed by atoms with Gasteiger partial charge >= 0.3 is 6.09 Å². The second-order valence-corrected chi connectivity index (χ2v) is 8.25. The number of para-hydroxylation sites is 1. The number of benzene rings is 1. The van der Waals surface area contributed by atoms with Crippen molar-refractivity contribution >= 4 is 34.7 Å². The third-order valence-electron chi connectivity index (χ3n) is 5.24. The van der Waals surface area contributed by atoms with Gasteiger partial charge in [0.25, 0.3) is 0 Å². The lowest BCUT2D eigenvalue weighted by atomic mass is 9.93. The Bertz CT molecular complexity index is 865. The molecular weight excluding hydrogens is 350 g/mol. The van der Waals surface area contributed by atoms with E-state index in [4.69, 9.17) is 4.74 Å². The molecule has 2 saturated heterocycles. The van der Waals surface area contributed by atoms with Crippen molar-refractivity contribution < 1.29 is 14.3 Å². The van der Waals surface area contributed by atoms with E-state index in [0.717, 1.165) is 24.3 Å². The van der Waals surface area contributed by atoms with Crippen LogP contribution >= 0.6 is 11.8 Å². The number of aryl methyl sites for hydroxylation is 1. The minimum atomic E-state index is -0.524. The van der Waals surface area contributed by atoms with E-state index in [0.29, 0.717) is 18.8 Å². The summed E-state index contributed by atoms with van der Waals surface area (Å²) >= 11 is 1.57. The van der Waals surface area contributed by atoms with E-state index in [2.05, 4.69) is 22.9 Å². The van der Waals surface area contributed by atoms with Crippen LogP contribution in [0.1, 0.15) is 12.8 Å². The molecule has 7 heteroatoms. The number of piperidine rings is 1. The van der Waals surface area contributed by atoms with Crippen molar-refractivity contribution in [3.05, 3.63) is 30.5 Å². The van der Waals surface area contributed by atoms with Crippen molar-refractivity contribution in [3.63, 3.8) is 0 Å². The molecule has 2 aliphatic rings. The molecule has 2 aromatic rings. The standard InChI is InChI=1S/C19H23N3O3S/c1-20-10-16(14-6-3-4-7-15(14)20)26-11-17(23)22-9-5-8-19(13-22)12-21(2)18(24)25-19/h3-4,6-7,10H,5,8-9,11-13H2,1-2H3/t19-/m1/s1. The molecule has 0 N–H and O–H groups in total. The van der Waals surface area contributed by atoms with Gasteiger partial charge in [-0.1, -0.05) is 18.2 Å². The molecule has 4 rings (SSSR count). The lowest BCUT2D eigenvalue weighted by Crippen LogP contribution is -2.52. The Kier molecular flexibility index (Phi) is 4.34. The first-order valence-electron chi connectivity index (χ1n) is 8.86. The van der Waals surface area contributed by atoms with Gasteiger partial charge in [0.15, 0.2) is 0 Å². The summed E-state index contributed by atoms with van der Waals surface area (Å²) in [5, 5.41) is 1.18. The number of rotatable bonds is 3. The number of fused-ring (bicyclic) bond motifs is 1. The predicted molar refractivity (Wildman–Crippen MR) is 101 cm³/mol. The highest BCUT2D eigenvalue weighted by molar-refractivity contribution is 8.00. The van der Waals surface area contributed by atoms with Gasteiger partial charge in [0, 0.05) is 42.6 Å². The molecule has 138 valence electrons. The second kappa shape index (κ2) is 6.54. The van der Waals surface area contributed by atoms with Gasteiger partial charge in [-0.25, -0.2) is 4.79 Å². The molecule has 2 amide bonds. The van der Waals surface area contributed by atoms with Gasteiger partial charge in [-0.15, -0.1) is 11.8 Å². The van der Waals surface area contributed by atoms with Gasteiger partial charge in [-0.3, -0.25) is 4.79 Å². The zero-order chi connectivity index (χ0) is 18.3. The first-order valence-corrected chi connectivity index (χ1v) is 9.85. The van der Waals surface area contributed by atoms with Crippen LogP contribution in [0.15, 0.2) is 35.4 Å². The van der Waals surface area contributed by atoms with Crippen molar-refractivity contribution in [1.29, 1.82) is 0 Å². The lowest BCUT2D eigenvalue weighted by Gasteiger charge is -2.38. The van der Waals surface area contributed by atoms with Crippen LogP contribution in [-0.2, 0) is 16.6 Å². The third kappa shape index (κ3) is 3.05. The van der Waals surface area contributed by atoms with Gasteiger partial charge in [-0.2, -0.15) is 0 Å². The molecule has 1 spiro atoms. The summed E-state index contributed by atoms with van der Waals surface area (Å²) in [6, 6.07) is 8.22. The van der Waals surface area contributed by atoms with Crippen molar-refractivity contribution in [2.75, 3.05) is 32.4 Å². The summed E-state index contributed by atoms with van der Waals surface area (Å²) in [6.07, 6.45) is 3.48. The Morgan fingerprint density at radius 3 is 2.85 bits per heavy atom. The summed E-state index contributed by atoms with van der Waals surface area (Å²) in [6.45, 7) is 1.79. The maximum atomic E-state index is 12.8. The molecule has 6 nitrogen and oxygen atoms in total. The lowest BCUT2D eigenvalue weighted by molar-refractivity contribution is -0.133. The normalized spacial score (nSPS) is 23.1. The average molecular weight is 373 g/mol. The molecule has 0 aliphatic carbocycles. The molecule has 0 bridgehead atoms. The highest BCUT2D eigenvalue weighted by atomic mass is 32.2. The van der Waals surface area contributed by atoms with Crippen LogP contribution in [-0.4, -0.2) is 64.4 Å². The van der Waals surface area contributed by atoms with Crippen molar-refractivity contribution in [2.45, 2.75) is 23.3 Å². The second-order valence-electron chi connectivity index (χ2n) is 7.24. The SMILES string of the molecule is CN1C[C@@]2(CCCN(C(=O)CSc3cn(C)c4ccccc34)C2)OC1=O. The number of nitrogens with zero attached hydrogens (tertiary/aromatic N) is 3. The highest BCUT2D eigenvalue weighted by Crippen LogP contribution is 2.33. The van der Waals surface area contributed by atoms with Crippen molar-refractivity contribution in [1.82, 2.24) is 14.4 Å². The Hall–Kier alpha value is -2.15. The summed E-state index contributed by atoms with van der Waals surface area (Å²) < 4.78 is 7.68. The van der Waals surface area contributed by atoms with E-state index in [1.165, 1.54) is 10.9 Å². The Morgan fingerprint density at radius 1 is 1.27 bits per heavy atom. The van der Waals surface area contributed by atoms with Gasteiger partial charge in [0.1, 0.15) is 5.60 Å². The first kappa shape index (κ1) is 17.3. The largest absolute Gasteiger partial charge is 0.439 e. The number of amides is 2. The van der Waals surface area contributed by atoms with Crippen molar-refractivity contribution in [3.8, 4) is 0 Å². The van der Waals surface area contributed by atoms with E-state index in [1.54, 1.807) is 23.7 Å². The van der Waals surface area contributed by atoms with Crippen LogP contribution in [0.25, 0.3) is 10.9 Å². The zero-order valence-electron chi connectivity index (χ0n) is 15.1. The minimum Gasteiger partial charge on any atom is -0.439 e. The van der Waals surface area contributed by atoms with E-state index in [1.807, 2.05) is 24.1 Å². The Labute approximate surface area is 157 Å². The van der Waals surface area contributed by atoms with Gasteiger partial charge in [-0.05, 0) is 18.9 Å². The Morgan fingerprint density at radius 2 is 2.08 bits per heavy atom. The average Bonchev–Trinajstić information content (AvgIpc) is 3.09. The monoisotopic (exact) mass is 373 g/mol. The number of carbonyl (C=O) groups is 2. The fraction of sp³-hybridized carbons (Fsp3) is 0.474. The summed E-state index contributed by atoms with van der Waals surface area (Å²) in [7, 11) is 3.77. The van der Waals surface area contributed by atoms with Crippen LogP contribution in [0, 0.1) is 0 Å². The summed E-state index contributed by atoms with van der Waals surface area (Å²) in [5.74, 6) is 0.501. The van der Waals surface area contributed by atoms with Crippen LogP contribution in [0.3, 0.4) is 0 Å². The molecule has 0 radical (unpaired) electrons. The first-order chi connectivity index (χ1) is 12.5. The van der Waals surface area contributed by atoms with E-state index >= 15 is 0 Å². The molecule has 26 heavy (non-hydrogen) atoms. The minimum absolute atomic E-state index is 0.104. The smallest absolute Gasteiger partial charge is 0.410 e. The fourth-order valence-corrected chi connectivity index (χ4v) is 4.99. The predicted octanol–water partition coefficient (Wildman–Crippen LogP) is 2.71. The fourth-order valence-electron chi connectivity index (χ4n) is 3.97. The molecular formula is C19H23N3O3S. The number of likely N-dealkylation sites (tertiary alicyclic amines) is 1. The number of aromatic nitrogens is 1. The zero-order valence-corrected chi connectivity index (χ0v) is 15.9. The Balaban J connectivity index is 1.42. The number of thioether (sulfide) groups is 1. The number of hydrogen-bond donors (Lipinski definition) is 0. The summed E-state index contributed by atoms with van der Waals surface area (Å²) in [4.78, 5) is 29.1. The van der Waals surface area contributed by atoms with Gasteiger partial charge < -0.3 is 19.1 Å². The number of hydrogen-bond acceptors (Lipinski definition) is 4. The summed E-state index contributed by atoms with van der Waals surface area (Å²) in [5.41, 5.74) is 0.643. The number of likely N-dealkylation sites (N-methyl/N-ethyl adjacent to an activating group) is 1.